The fraction of sp³-hybridized carbons (Fsp3) is 0.692. The van der Waals surface area contributed by atoms with Crippen LogP contribution in [0.15, 0.2) is 5.38 Å². The number of esters is 1. The van der Waals surface area contributed by atoms with E-state index in [1.165, 1.54) is 11.3 Å². The van der Waals surface area contributed by atoms with Crippen LogP contribution in [0.25, 0.3) is 0 Å². The number of ether oxygens (including phenoxy) is 1. The number of rotatable bonds is 6. The number of aromatic nitrogens is 1. The number of carbonyl (C=O) groups excluding carboxylic acids is 1. The minimum Gasteiger partial charge on any atom is -0.461 e. The van der Waals surface area contributed by atoms with E-state index in [-0.39, 0.29) is 5.97 Å². The highest BCUT2D eigenvalue weighted by molar-refractivity contribution is 7.13. The third-order valence-corrected chi connectivity index (χ3v) is 3.68. The number of nitrogens with zero attached hydrogens (tertiary/aromatic N) is 2. The molecule has 1 heterocycles. The van der Waals surface area contributed by atoms with Crippen molar-refractivity contribution in [3.05, 3.63) is 11.1 Å². The maximum Gasteiger partial charge on any atom is 0.357 e. The molecule has 102 valence electrons. The van der Waals surface area contributed by atoms with Gasteiger partial charge in [-0.15, -0.1) is 11.3 Å². The summed E-state index contributed by atoms with van der Waals surface area (Å²) in [4.78, 5) is 18.0. The summed E-state index contributed by atoms with van der Waals surface area (Å²) in [6, 6.07) is 0.409. The zero-order chi connectivity index (χ0) is 13.7. The Morgan fingerprint density at radius 2 is 2.17 bits per heavy atom. The van der Waals surface area contributed by atoms with E-state index in [2.05, 4.69) is 30.7 Å². The normalized spacial score (nSPS) is 12.6. The highest BCUT2D eigenvalue weighted by Crippen LogP contribution is 2.23. The van der Waals surface area contributed by atoms with Crippen molar-refractivity contribution in [3.63, 3.8) is 0 Å². The van der Waals surface area contributed by atoms with Crippen LogP contribution in [0.1, 0.15) is 44.6 Å². The summed E-state index contributed by atoms with van der Waals surface area (Å²) in [5.41, 5.74) is 0.403. The average molecular weight is 270 g/mol. The van der Waals surface area contributed by atoms with E-state index in [1.807, 2.05) is 7.05 Å². The molecule has 1 aromatic rings. The van der Waals surface area contributed by atoms with Crippen molar-refractivity contribution in [1.82, 2.24) is 4.98 Å². The molecule has 0 aliphatic carbocycles. The Balaban J connectivity index is 2.70. The summed E-state index contributed by atoms with van der Waals surface area (Å²) in [6.07, 6.45) is 1.10. The lowest BCUT2D eigenvalue weighted by atomic mass is 10.0. The quantitative estimate of drug-likeness (QED) is 0.745. The van der Waals surface area contributed by atoms with E-state index in [4.69, 9.17) is 4.74 Å². The number of anilines is 1. The summed E-state index contributed by atoms with van der Waals surface area (Å²) in [5, 5.41) is 2.62. The van der Waals surface area contributed by atoms with E-state index in [0.29, 0.717) is 24.3 Å². The van der Waals surface area contributed by atoms with E-state index < -0.39 is 0 Å². The second-order valence-electron chi connectivity index (χ2n) is 4.83. The molecular formula is C13H22N2O2S. The number of thiazole rings is 1. The van der Waals surface area contributed by atoms with Crippen LogP contribution in [0.2, 0.25) is 0 Å². The van der Waals surface area contributed by atoms with Crippen molar-refractivity contribution in [2.24, 2.45) is 5.92 Å². The van der Waals surface area contributed by atoms with Crippen LogP contribution in [0.3, 0.4) is 0 Å². The third-order valence-electron chi connectivity index (χ3n) is 2.75. The van der Waals surface area contributed by atoms with E-state index >= 15 is 0 Å². The van der Waals surface area contributed by atoms with Crippen LogP contribution >= 0.6 is 11.3 Å². The molecule has 0 N–H and O–H groups in total. The SMILES string of the molecule is CCOC(=O)c1csc(N(C)C(C)CC(C)C)n1. The lowest BCUT2D eigenvalue weighted by Gasteiger charge is -2.25. The van der Waals surface area contributed by atoms with Crippen LogP contribution in [0, 0.1) is 5.92 Å². The van der Waals surface area contributed by atoms with Gasteiger partial charge in [0.1, 0.15) is 0 Å². The first kappa shape index (κ1) is 15.0. The molecule has 0 bridgehead atoms. The van der Waals surface area contributed by atoms with Crippen LogP contribution in [0.4, 0.5) is 5.13 Å². The Hall–Kier alpha value is -1.10. The highest BCUT2D eigenvalue weighted by Gasteiger charge is 2.17. The van der Waals surface area contributed by atoms with E-state index in [0.717, 1.165) is 11.6 Å². The summed E-state index contributed by atoms with van der Waals surface area (Å²) in [6.45, 7) is 8.76. The van der Waals surface area contributed by atoms with Gasteiger partial charge in [0.15, 0.2) is 10.8 Å². The van der Waals surface area contributed by atoms with Crippen LogP contribution < -0.4 is 4.90 Å². The summed E-state index contributed by atoms with van der Waals surface area (Å²) >= 11 is 1.48. The van der Waals surface area contributed by atoms with E-state index in [9.17, 15) is 4.79 Å². The molecule has 5 heteroatoms. The second-order valence-corrected chi connectivity index (χ2v) is 5.66. The molecular weight excluding hydrogens is 248 g/mol. The molecule has 4 nitrogen and oxygen atoms in total. The van der Waals surface area contributed by atoms with Crippen molar-refractivity contribution >= 4 is 22.4 Å². The summed E-state index contributed by atoms with van der Waals surface area (Å²) < 4.78 is 4.93. The largest absolute Gasteiger partial charge is 0.461 e. The number of hydrogen-bond donors (Lipinski definition) is 0. The monoisotopic (exact) mass is 270 g/mol. The molecule has 1 rings (SSSR count). The molecule has 0 aliphatic heterocycles. The van der Waals surface area contributed by atoms with Crippen LogP contribution in [-0.2, 0) is 4.74 Å². The fourth-order valence-corrected chi connectivity index (χ4v) is 2.62. The maximum atomic E-state index is 11.5. The average Bonchev–Trinajstić information content (AvgIpc) is 2.76. The van der Waals surface area contributed by atoms with Crippen molar-refractivity contribution in [2.45, 2.75) is 40.2 Å². The Morgan fingerprint density at radius 1 is 1.50 bits per heavy atom. The van der Waals surface area contributed by atoms with Crippen molar-refractivity contribution < 1.29 is 9.53 Å². The standard InChI is InChI=1S/C13H22N2O2S/c1-6-17-12(16)11-8-18-13(14-11)15(5)10(4)7-9(2)3/h8-10H,6-7H2,1-5H3. The lowest BCUT2D eigenvalue weighted by molar-refractivity contribution is 0.0520. The van der Waals surface area contributed by atoms with E-state index in [1.54, 1.807) is 12.3 Å². The molecule has 1 aromatic heterocycles. The van der Waals surface area contributed by atoms with Crippen LogP contribution in [0.5, 0.6) is 0 Å². The lowest BCUT2D eigenvalue weighted by Crippen LogP contribution is -2.30. The molecule has 0 amide bonds. The Morgan fingerprint density at radius 3 is 2.72 bits per heavy atom. The first-order chi connectivity index (χ1) is 8.45. The maximum absolute atomic E-state index is 11.5. The molecule has 0 radical (unpaired) electrons. The molecule has 0 aliphatic rings. The number of hydrogen-bond acceptors (Lipinski definition) is 5. The molecule has 1 atom stereocenters. The summed E-state index contributed by atoms with van der Waals surface area (Å²) in [7, 11) is 2.01. The van der Waals surface area contributed by atoms with Gasteiger partial charge in [-0.25, -0.2) is 9.78 Å². The Labute approximate surface area is 113 Å². The molecule has 0 saturated heterocycles. The van der Waals surface area contributed by atoms with Gasteiger partial charge in [-0.1, -0.05) is 13.8 Å². The first-order valence-electron chi connectivity index (χ1n) is 6.31. The Bertz CT molecular complexity index is 390. The van der Waals surface area contributed by atoms with Gasteiger partial charge >= 0.3 is 5.97 Å². The zero-order valence-corrected chi connectivity index (χ0v) is 12.6. The summed E-state index contributed by atoms with van der Waals surface area (Å²) in [5.74, 6) is 0.303. The van der Waals surface area contributed by atoms with Gasteiger partial charge in [-0.3, -0.25) is 0 Å². The Kier molecular flexibility index (Phi) is 5.59. The fourth-order valence-electron chi connectivity index (χ4n) is 1.75. The molecule has 0 saturated carbocycles. The van der Waals surface area contributed by atoms with Gasteiger partial charge in [-0.2, -0.15) is 0 Å². The number of carbonyl (C=O) groups is 1. The highest BCUT2D eigenvalue weighted by atomic mass is 32.1. The molecule has 0 aromatic carbocycles. The van der Waals surface area contributed by atoms with Crippen molar-refractivity contribution in [3.8, 4) is 0 Å². The van der Waals surface area contributed by atoms with Crippen molar-refractivity contribution in [2.75, 3.05) is 18.6 Å². The minimum atomic E-state index is -0.343. The van der Waals surface area contributed by atoms with Gasteiger partial charge < -0.3 is 9.64 Å². The van der Waals surface area contributed by atoms with Gasteiger partial charge in [-0.05, 0) is 26.2 Å². The van der Waals surface area contributed by atoms with Gasteiger partial charge in [0, 0.05) is 18.5 Å². The zero-order valence-electron chi connectivity index (χ0n) is 11.8. The minimum absolute atomic E-state index is 0.343. The van der Waals surface area contributed by atoms with Gasteiger partial charge in [0.2, 0.25) is 0 Å². The smallest absolute Gasteiger partial charge is 0.357 e. The van der Waals surface area contributed by atoms with Crippen molar-refractivity contribution in [1.29, 1.82) is 0 Å². The molecule has 0 fully saturated rings. The molecule has 0 spiro atoms. The van der Waals surface area contributed by atoms with Gasteiger partial charge in [0.05, 0.1) is 6.61 Å². The predicted octanol–water partition coefficient (Wildman–Crippen LogP) is 3.19. The molecule has 1 unspecified atom stereocenters. The molecule has 18 heavy (non-hydrogen) atoms. The van der Waals surface area contributed by atoms with Crippen LogP contribution in [-0.4, -0.2) is 30.6 Å². The topological polar surface area (TPSA) is 42.4 Å². The first-order valence-corrected chi connectivity index (χ1v) is 7.19. The van der Waals surface area contributed by atoms with Gasteiger partial charge in [0.25, 0.3) is 0 Å². The predicted molar refractivity (Wildman–Crippen MR) is 75.4 cm³/mol. The second kappa shape index (κ2) is 6.73. The third kappa shape index (κ3) is 3.98.